The lowest BCUT2D eigenvalue weighted by Gasteiger charge is -2.34. The number of nitrogens with one attached hydrogen (secondary N) is 1. The molecule has 0 bridgehead atoms. The second kappa shape index (κ2) is 8.89. The molecular weight excluding hydrogens is 258 g/mol. The highest BCUT2D eigenvalue weighted by Gasteiger charge is 2.25. The Morgan fingerprint density at radius 3 is 2.40 bits per heavy atom. The van der Waals surface area contributed by atoms with Gasteiger partial charge in [0.05, 0.1) is 0 Å². The van der Waals surface area contributed by atoms with E-state index in [1.807, 2.05) is 19.0 Å². The van der Waals surface area contributed by atoms with E-state index in [1.165, 1.54) is 0 Å². The van der Waals surface area contributed by atoms with Gasteiger partial charge in [0.2, 0.25) is 0 Å². The molecule has 1 heterocycles. The van der Waals surface area contributed by atoms with Crippen molar-refractivity contribution in [3.63, 3.8) is 0 Å². The fourth-order valence-corrected chi connectivity index (χ4v) is 2.17. The maximum Gasteiger partial charge on any atom is 0.311 e. The summed E-state index contributed by atoms with van der Waals surface area (Å²) in [6.45, 7) is 5.68. The van der Waals surface area contributed by atoms with Crippen LogP contribution in [-0.2, 0) is 9.59 Å². The smallest absolute Gasteiger partial charge is 0.311 e. The van der Waals surface area contributed by atoms with E-state index in [4.69, 9.17) is 5.73 Å². The molecule has 116 valence electrons. The minimum Gasteiger partial charge on any atom is -0.348 e. The van der Waals surface area contributed by atoms with Crippen LogP contribution >= 0.6 is 0 Å². The van der Waals surface area contributed by atoms with Crippen LogP contribution in [0.25, 0.3) is 0 Å². The molecule has 1 aliphatic heterocycles. The summed E-state index contributed by atoms with van der Waals surface area (Å²) in [6, 6.07) is 0. The van der Waals surface area contributed by atoms with Crippen LogP contribution in [0.3, 0.4) is 0 Å². The van der Waals surface area contributed by atoms with Crippen LogP contribution in [0.1, 0.15) is 6.42 Å². The van der Waals surface area contributed by atoms with E-state index in [9.17, 15) is 9.59 Å². The molecule has 0 radical (unpaired) electrons. The molecule has 0 spiro atoms. The zero-order valence-corrected chi connectivity index (χ0v) is 12.6. The van der Waals surface area contributed by atoms with Crippen molar-refractivity contribution in [2.45, 2.75) is 6.42 Å². The molecule has 3 N–H and O–H groups in total. The molecule has 0 aromatic rings. The Labute approximate surface area is 121 Å². The number of hydrogen-bond donors (Lipinski definition) is 2. The number of hydrogen-bond acceptors (Lipinski definition) is 5. The predicted octanol–water partition coefficient (Wildman–Crippen LogP) is -1.84. The van der Waals surface area contributed by atoms with Crippen molar-refractivity contribution in [3.8, 4) is 0 Å². The Morgan fingerprint density at radius 1 is 1.20 bits per heavy atom. The van der Waals surface area contributed by atoms with Gasteiger partial charge in [0.1, 0.15) is 0 Å². The van der Waals surface area contributed by atoms with Crippen molar-refractivity contribution in [2.75, 3.05) is 66.5 Å². The summed E-state index contributed by atoms with van der Waals surface area (Å²) in [5.74, 6) is -0.904. The zero-order chi connectivity index (χ0) is 15.0. The van der Waals surface area contributed by atoms with E-state index in [-0.39, 0.29) is 0 Å². The number of rotatable bonds is 6. The van der Waals surface area contributed by atoms with Gasteiger partial charge in [-0.2, -0.15) is 0 Å². The molecule has 0 saturated carbocycles. The first-order valence-electron chi connectivity index (χ1n) is 7.19. The lowest BCUT2D eigenvalue weighted by atomic mass is 10.3. The maximum absolute atomic E-state index is 12.0. The van der Waals surface area contributed by atoms with Crippen molar-refractivity contribution in [3.05, 3.63) is 0 Å². The summed E-state index contributed by atoms with van der Waals surface area (Å²) in [4.78, 5) is 29.6. The summed E-state index contributed by atoms with van der Waals surface area (Å²) < 4.78 is 0. The Balaban J connectivity index is 2.23. The number of nitrogens with two attached hydrogens (primary N) is 1. The Hall–Kier alpha value is -1.18. The van der Waals surface area contributed by atoms with Gasteiger partial charge in [0.25, 0.3) is 0 Å². The molecule has 2 amide bonds. The van der Waals surface area contributed by atoms with Crippen molar-refractivity contribution < 1.29 is 9.59 Å². The van der Waals surface area contributed by atoms with Crippen molar-refractivity contribution in [1.82, 2.24) is 20.0 Å². The number of carbonyl (C=O) groups is 2. The third-order valence-corrected chi connectivity index (χ3v) is 3.37. The fraction of sp³-hybridized carbons (Fsp3) is 0.846. The Morgan fingerprint density at radius 2 is 1.85 bits per heavy atom. The molecule has 0 aromatic carbocycles. The summed E-state index contributed by atoms with van der Waals surface area (Å²) in [5, 5.41) is 2.68. The van der Waals surface area contributed by atoms with Crippen LogP contribution in [0.4, 0.5) is 0 Å². The number of amides is 2. The van der Waals surface area contributed by atoms with Crippen molar-refractivity contribution >= 4 is 11.8 Å². The Bertz CT molecular complexity index is 314. The first kappa shape index (κ1) is 16.9. The van der Waals surface area contributed by atoms with E-state index in [0.717, 1.165) is 32.6 Å². The van der Waals surface area contributed by atoms with Crippen molar-refractivity contribution in [2.24, 2.45) is 5.73 Å². The summed E-state index contributed by atoms with van der Waals surface area (Å²) in [7, 11) is 3.96. The van der Waals surface area contributed by atoms with Crippen molar-refractivity contribution in [1.29, 1.82) is 0 Å². The summed E-state index contributed by atoms with van der Waals surface area (Å²) in [6.07, 6.45) is 0.844. The first-order chi connectivity index (χ1) is 9.54. The average molecular weight is 285 g/mol. The highest BCUT2D eigenvalue weighted by Crippen LogP contribution is 2.01. The molecule has 1 saturated heterocycles. The molecule has 1 fully saturated rings. The molecule has 1 rings (SSSR count). The summed E-state index contributed by atoms with van der Waals surface area (Å²) >= 11 is 0. The van der Waals surface area contributed by atoms with Gasteiger partial charge in [-0.25, -0.2) is 0 Å². The van der Waals surface area contributed by atoms with E-state index in [0.29, 0.717) is 26.2 Å². The molecule has 0 atom stereocenters. The monoisotopic (exact) mass is 285 g/mol. The van der Waals surface area contributed by atoms with E-state index in [1.54, 1.807) is 4.90 Å². The quantitative estimate of drug-likeness (QED) is 0.443. The van der Waals surface area contributed by atoms with Crippen LogP contribution in [0, 0.1) is 0 Å². The maximum atomic E-state index is 12.0. The second-order valence-corrected chi connectivity index (χ2v) is 5.34. The highest BCUT2D eigenvalue weighted by molar-refractivity contribution is 6.35. The fourth-order valence-electron chi connectivity index (χ4n) is 2.17. The van der Waals surface area contributed by atoms with Gasteiger partial charge in [0.15, 0.2) is 0 Å². The van der Waals surface area contributed by atoms with Gasteiger partial charge in [-0.15, -0.1) is 0 Å². The number of piperazine rings is 1. The van der Waals surface area contributed by atoms with Gasteiger partial charge >= 0.3 is 11.8 Å². The molecule has 0 aliphatic carbocycles. The van der Waals surface area contributed by atoms with Crippen LogP contribution in [0.5, 0.6) is 0 Å². The van der Waals surface area contributed by atoms with Crippen LogP contribution < -0.4 is 11.1 Å². The van der Waals surface area contributed by atoms with Gasteiger partial charge < -0.3 is 20.9 Å². The minimum atomic E-state index is -0.490. The minimum absolute atomic E-state index is 0.415. The first-order valence-corrected chi connectivity index (χ1v) is 7.19. The van der Waals surface area contributed by atoms with Gasteiger partial charge in [-0.3, -0.25) is 14.5 Å². The lowest BCUT2D eigenvalue weighted by Crippen LogP contribution is -2.53. The number of carbonyl (C=O) groups excluding carboxylic acids is 2. The zero-order valence-electron chi connectivity index (χ0n) is 12.6. The second-order valence-electron chi connectivity index (χ2n) is 5.34. The van der Waals surface area contributed by atoms with E-state index >= 15 is 0 Å². The molecule has 0 aromatic heterocycles. The molecule has 1 aliphatic rings. The van der Waals surface area contributed by atoms with Gasteiger partial charge in [-0.1, -0.05) is 0 Å². The van der Waals surface area contributed by atoms with Crippen LogP contribution in [0.15, 0.2) is 0 Å². The van der Waals surface area contributed by atoms with Gasteiger partial charge in [-0.05, 0) is 27.1 Å². The van der Waals surface area contributed by atoms with E-state index in [2.05, 4.69) is 10.2 Å². The van der Waals surface area contributed by atoms with Gasteiger partial charge in [0, 0.05) is 45.8 Å². The van der Waals surface area contributed by atoms with Crippen LogP contribution in [-0.4, -0.2) is 93.0 Å². The third kappa shape index (κ3) is 5.85. The predicted molar refractivity (Wildman–Crippen MR) is 78.3 cm³/mol. The molecule has 20 heavy (non-hydrogen) atoms. The standard InChI is InChI=1S/C13H27N5O2/c1-16(2)6-3-5-15-12(19)13(20)18-10-8-17(7-4-14)9-11-18/h3-11,14H2,1-2H3,(H,15,19). The molecular formula is C13H27N5O2. The SMILES string of the molecule is CN(C)CCCNC(=O)C(=O)N1CCN(CCN)CC1. The largest absolute Gasteiger partial charge is 0.348 e. The van der Waals surface area contributed by atoms with Crippen LogP contribution in [0.2, 0.25) is 0 Å². The lowest BCUT2D eigenvalue weighted by molar-refractivity contribution is -0.147. The molecule has 7 nitrogen and oxygen atoms in total. The third-order valence-electron chi connectivity index (χ3n) is 3.37. The molecule has 0 unspecified atom stereocenters. The normalized spacial score (nSPS) is 16.5. The molecule has 7 heteroatoms. The average Bonchev–Trinajstić information content (AvgIpc) is 2.43. The summed E-state index contributed by atoms with van der Waals surface area (Å²) in [5.41, 5.74) is 5.50. The number of nitrogens with zero attached hydrogens (tertiary/aromatic N) is 3. The highest BCUT2D eigenvalue weighted by atomic mass is 16.2. The topological polar surface area (TPSA) is 81.9 Å². The van der Waals surface area contributed by atoms with E-state index < -0.39 is 11.8 Å². The Kier molecular flexibility index (Phi) is 7.50.